The number of rotatable bonds is 2. The second-order valence-electron chi connectivity index (χ2n) is 3.95. The van der Waals surface area contributed by atoms with Crippen molar-refractivity contribution >= 4 is 38.9 Å². The Kier molecular flexibility index (Phi) is 5.03. The fraction of sp³-hybridized carbons (Fsp3) is 0.667. The zero-order chi connectivity index (χ0) is 13.8. The molecular formula is C9H15N3O4S2. The van der Waals surface area contributed by atoms with Gasteiger partial charge in [0.15, 0.2) is 9.84 Å². The van der Waals surface area contributed by atoms with Crippen molar-refractivity contribution in [2.75, 3.05) is 31.1 Å². The summed E-state index contributed by atoms with van der Waals surface area (Å²) in [5.74, 6) is -1.63. The van der Waals surface area contributed by atoms with Gasteiger partial charge >= 0.3 is 11.8 Å². The smallest absolute Gasteiger partial charge is 0.311 e. The molecule has 0 aromatic heterocycles. The number of carbonyl (C=O) groups is 2. The molecule has 0 atom stereocenters. The van der Waals surface area contributed by atoms with Crippen LogP contribution in [0.2, 0.25) is 0 Å². The van der Waals surface area contributed by atoms with Crippen molar-refractivity contribution < 1.29 is 18.0 Å². The molecule has 102 valence electrons. The molecule has 0 saturated carbocycles. The highest BCUT2D eigenvalue weighted by Crippen LogP contribution is 2.05. The van der Waals surface area contributed by atoms with Gasteiger partial charge in [-0.3, -0.25) is 9.59 Å². The van der Waals surface area contributed by atoms with Gasteiger partial charge in [-0.25, -0.2) is 8.42 Å². The van der Waals surface area contributed by atoms with Crippen LogP contribution in [0.5, 0.6) is 0 Å². The van der Waals surface area contributed by atoms with Gasteiger partial charge in [0.05, 0.1) is 23.0 Å². The van der Waals surface area contributed by atoms with Gasteiger partial charge in [-0.1, -0.05) is 12.2 Å². The molecule has 1 saturated heterocycles. The number of sulfone groups is 1. The summed E-state index contributed by atoms with van der Waals surface area (Å²) >= 11 is 4.57. The van der Waals surface area contributed by atoms with Crippen molar-refractivity contribution in [2.24, 2.45) is 5.73 Å². The zero-order valence-electron chi connectivity index (χ0n) is 9.72. The minimum absolute atomic E-state index is 0.0433. The molecule has 9 heteroatoms. The molecule has 0 spiro atoms. The summed E-state index contributed by atoms with van der Waals surface area (Å²) in [5.41, 5.74) is 5.19. The van der Waals surface area contributed by atoms with Crippen LogP contribution in [0.15, 0.2) is 0 Å². The van der Waals surface area contributed by atoms with Gasteiger partial charge in [0.1, 0.15) is 0 Å². The van der Waals surface area contributed by atoms with E-state index in [4.69, 9.17) is 5.73 Å². The van der Waals surface area contributed by atoms with Crippen molar-refractivity contribution in [3.8, 4) is 0 Å². The van der Waals surface area contributed by atoms with E-state index < -0.39 is 21.7 Å². The third kappa shape index (κ3) is 4.57. The van der Waals surface area contributed by atoms with Crippen LogP contribution in [-0.4, -0.2) is 61.3 Å². The first kappa shape index (κ1) is 14.8. The molecule has 0 aliphatic carbocycles. The first-order valence-corrected chi connectivity index (χ1v) is 7.60. The number of hydrogen-bond acceptors (Lipinski definition) is 5. The van der Waals surface area contributed by atoms with Gasteiger partial charge in [-0.15, -0.1) is 0 Å². The van der Waals surface area contributed by atoms with Crippen LogP contribution in [0.4, 0.5) is 0 Å². The highest BCUT2D eigenvalue weighted by atomic mass is 32.2. The van der Waals surface area contributed by atoms with Crippen LogP contribution >= 0.6 is 12.2 Å². The van der Waals surface area contributed by atoms with Gasteiger partial charge in [0.25, 0.3) is 0 Å². The maximum Gasteiger partial charge on any atom is 0.311 e. The van der Waals surface area contributed by atoms with Crippen LogP contribution in [0.25, 0.3) is 0 Å². The number of nitrogens with two attached hydrogens (primary N) is 1. The molecule has 2 amide bonds. The molecule has 1 fully saturated rings. The monoisotopic (exact) mass is 293 g/mol. The molecule has 0 aromatic carbocycles. The lowest BCUT2D eigenvalue weighted by molar-refractivity contribution is -0.145. The minimum Gasteiger partial charge on any atom is -0.392 e. The second-order valence-corrected chi connectivity index (χ2v) is 6.77. The molecule has 1 aliphatic rings. The predicted octanol–water partition coefficient (Wildman–Crippen LogP) is -1.96. The first-order chi connectivity index (χ1) is 8.32. The summed E-state index contributed by atoms with van der Waals surface area (Å²) in [6.07, 6.45) is 0.344. The Bertz CT molecular complexity index is 460. The fourth-order valence-electron chi connectivity index (χ4n) is 1.53. The molecule has 18 heavy (non-hydrogen) atoms. The van der Waals surface area contributed by atoms with Crippen LogP contribution in [-0.2, 0) is 19.4 Å². The fourth-order valence-corrected chi connectivity index (χ4v) is 2.87. The maximum absolute atomic E-state index is 11.7. The quantitative estimate of drug-likeness (QED) is 0.452. The standard InChI is InChI=1S/C9H15N3O4S2/c10-7(17)6-11-8(13)9(14)12-2-1-4-18(15,16)5-3-12/h1-6H2,(H2,10,17)(H,11,13). The summed E-state index contributed by atoms with van der Waals surface area (Å²) in [5, 5.41) is 2.27. The van der Waals surface area contributed by atoms with Gasteiger partial charge in [0, 0.05) is 13.1 Å². The van der Waals surface area contributed by atoms with Crippen LogP contribution in [0, 0.1) is 0 Å². The Morgan fingerprint density at radius 2 is 1.94 bits per heavy atom. The zero-order valence-corrected chi connectivity index (χ0v) is 11.3. The van der Waals surface area contributed by atoms with Gasteiger partial charge in [-0.2, -0.15) is 0 Å². The number of amides is 2. The molecule has 1 aliphatic heterocycles. The van der Waals surface area contributed by atoms with Crippen molar-refractivity contribution in [2.45, 2.75) is 6.42 Å². The van der Waals surface area contributed by atoms with Crippen molar-refractivity contribution in [3.05, 3.63) is 0 Å². The summed E-state index contributed by atoms with van der Waals surface area (Å²) < 4.78 is 22.7. The molecule has 7 nitrogen and oxygen atoms in total. The van der Waals surface area contributed by atoms with Crippen molar-refractivity contribution in [1.82, 2.24) is 10.2 Å². The number of nitrogens with zero attached hydrogens (tertiary/aromatic N) is 1. The largest absolute Gasteiger partial charge is 0.392 e. The van der Waals surface area contributed by atoms with Crippen molar-refractivity contribution in [3.63, 3.8) is 0 Å². The molecule has 0 bridgehead atoms. The number of thiocarbonyl (C=S) groups is 1. The van der Waals surface area contributed by atoms with Crippen LogP contribution < -0.4 is 11.1 Å². The minimum atomic E-state index is -3.10. The predicted molar refractivity (Wildman–Crippen MR) is 69.6 cm³/mol. The van der Waals surface area contributed by atoms with E-state index in [1.54, 1.807) is 0 Å². The topological polar surface area (TPSA) is 110 Å². The normalized spacial score (nSPS) is 18.8. The Morgan fingerprint density at radius 3 is 2.56 bits per heavy atom. The average Bonchev–Trinajstić information content (AvgIpc) is 2.46. The first-order valence-electron chi connectivity index (χ1n) is 5.37. The van der Waals surface area contributed by atoms with Crippen LogP contribution in [0.3, 0.4) is 0 Å². The molecule has 1 rings (SSSR count). The Balaban J connectivity index is 2.56. The lowest BCUT2D eigenvalue weighted by Gasteiger charge is -2.18. The lowest BCUT2D eigenvalue weighted by atomic mass is 10.3. The highest BCUT2D eigenvalue weighted by molar-refractivity contribution is 7.91. The van der Waals surface area contributed by atoms with Gasteiger partial charge < -0.3 is 16.0 Å². The Labute approximate surface area is 111 Å². The summed E-state index contributed by atoms with van der Waals surface area (Å²) in [6, 6.07) is 0. The van der Waals surface area contributed by atoms with E-state index in [0.29, 0.717) is 6.42 Å². The average molecular weight is 293 g/mol. The summed E-state index contributed by atoms with van der Waals surface area (Å²) in [6.45, 7) is 0.256. The van der Waals surface area contributed by atoms with E-state index in [2.05, 4.69) is 17.5 Å². The van der Waals surface area contributed by atoms with Crippen LogP contribution in [0.1, 0.15) is 6.42 Å². The summed E-state index contributed by atoms with van der Waals surface area (Å²) in [4.78, 5) is 24.5. The van der Waals surface area contributed by atoms with Gasteiger partial charge in [0.2, 0.25) is 0 Å². The molecule has 0 aromatic rings. The van der Waals surface area contributed by atoms with E-state index in [1.807, 2.05) is 0 Å². The third-order valence-corrected chi connectivity index (χ3v) is 4.32. The van der Waals surface area contributed by atoms with Gasteiger partial charge in [-0.05, 0) is 6.42 Å². The van der Waals surface area contributed by atoms with E-state index in [-0.39, 0.29) is 36.1 Å². The lowest BCUT2D eigenvalue weighted by Crippen LogP contribution is -2.46. The van der Waals surface area contributed by atoms with E-state index >= 15 is 0 Å². The third-order valence-electron chi connectivity index (χ3n) is 2.46. The van der Waals surface area contributed by atoms with E-state index in [0.717, 1.165) is 0 Å². The molecule has 1 heterocycles. The Hall–Kier alpha value is -1.22. The van der Waals surface area contributed by atoms with Crippen molar-refractivity contribution in [1.29, 1.82) is 0 Å². The second kappa shape index (κ2) is 6.10. The Morgan fingerprint density at radius 1 is 1.28 bits per heavy atom. The highest BCUT2D eigenvalue weighted by Gasteiger charge is 2.26. The number of hydrogen-bond donors (Lipinski definition) is 2. The SMILES string of the molecule is NC(=S)CNC(=O)C(=O)N1CCCS(=O)(=O)CC1. The number of nitrogens with one attached hydrogen (secondary N) is 1. The molecule has 0 radical (unpaired) electrons. The molecular weight excluding hydrogens is 278 g/mol. The maximum atomic E-state index is 11.7. The molecule has 3 N–H and O–H groups in total. The van der Waals surface area contributed by atoms with E-state index in [9.17, 15) is 18.0 Å². The summed E-state index contributed by atoms with van der Waals surface area (Å²) in [7, 11) is -3.10. The number of carbonyl (C=O) groups excluding carboxylic acids is 2. The molecule has 0 unspecified atom stereocenters. The van der Waals surface area contributed by atoms with E-state index in [1.165, 1.54) is 4.90 Å².